The van der Waals surface area contributed by atoms with E-state index in [1.807, 2.05) is 30.3 Å². The Morgan fingerprint density at radius 1 is 1.11 bits per heavy atom. The lowest BCUT2D eigenvalue weighted by Crippen LogP contribution is -2.37. The number of ether oxygens (including phenoxy) is 2. The number of hydrogen-bond acceptors (Lipinski definition) is 4. The van der Waals surface area contributed by atoms with E-state index in [1.54, 1.807) is 26.8 Å². The van der Waals surface area contributed by atoms with Gasteiger partial charge in [0.15, 0.2) is 0 Å². The predicted octanol–water partition coefficient (Wildman–Crippen LogP) is 4.48. The van der Waals surface area contributed by atoms with Gasteiger partial charge < -0.3 is 14.4 Å². The van der Waals surface area contributed by atoms with Crippen LogP contribution >= 0.6 is 0 Å². The average Bonchev–Trinajstić information content (AvgIpc) is 2.65. The molecule has 1 aliphatic heterocycles. The number of amides is 1. The molecule has 0 fully saturated rings. The van der Waals surface area contributed by atoms with Crippen molar-refractivity contribution in [3.05, 3.63) is 70.5 Å². The van der Waals surface area contributed by atoms with Crippen LogP contribution in [-0.4, -0.2) is 29.1 Å². The van der Waals surface area contributed by atoms with Crippen molar-refractivity contribution < 1.29 is 23.5 Å². The molecule has 6 heteroatoms. The van der Waals surface area contributed by atoms with Crippen LogP contribution in [0.3, 0.4) is 0 Å². The number of esters is 1. The van der Waals surface area contributed by atoms with Crippen LogP contribution in [0.2, 0.25) is 0 Å². The molecule has 2 aromatic carbocycles. The van der Waals surface area contributed by atoms with Crippen LogP contribution in [0.15, 0.2) is 42.5 Å². The Kier molecular flexibility index (Phi) is 5.68. The fourth-order valence-corrected chi connectivity index (χ4v) is 3.07. The highest BCUT2D eigenvalue weighted by molar-refractivity contribution is 5.90. The summed E-state index contributed by atoms with van der Waals surface area (Å²) in [5.41, 5.74) is 1.26. The summed E-state index contributed by atoms with van der Waals surface area (Å²) in [7, 11) is 0. The summed E-state index contributed by atoms with van der Waals surface area (Å²) < 4.78 is 25.5. The first-order valence-corrected chi connectivity index (χ1v) is 9.24. The molecule has 0 saturated heterocycles. The molecule has 0 radical (unpaired) electrons. The number of nitrogens with zero attached hydrogens (tertiary/aromatic N) is 1. The van der Waals surface area contributed by atoms with Crippen molar-refractivity contribution in [1.82, 2.24) is 4.90 Å². The molecular weight excluding hydrogens is 361 g/mol. The fraction of sp³-hybridized carbons (Fsp3) is 0.364. The topological polar surface area (TPSA) is 55.8 Å². The maximum atomic E-state index is 14.8. The van der Waals surface area contributed by atoms with Crippen molar-refractivity contribution in [3.8, 4) is 0 Å². The quantitative estimate of drug-likeness (QED) is 0.731. The van der Waals surface area contributed by atoms with Gasteiger partial charge in [0.05, 0.1) is 5.56 Å². The monoisotopic (exact) mass is 385 g/mol. The lowest BCUT2D eigenvalue weighted by atomic mass is 9.96. The van der Waals surface area contributed by atoms with Crippen molar-refractivity contribution in [2.75, 3.05) is 6.54 Å². The predicted molar refractivity (Wildman–Crippen MR) is 102 cm³/mol. The van der Waals surface area contributed by atoms with Crippen LogP contribution in [0.1, 0.15) is 47.8 Å². The van der Waals surface area contributed by atoms with E-state index in [0.29, 0.717) is 24.1 Å². The third-order valence-electron chi connectivity index (χ3n) is 4.42. The second-order valence-corrected chi connectivity index (χ2v) is 7.78. The first kappa shape index (κ1) is 19.9. The standard InChI is InChI=1S/C22H24FNO4/c1-22(2,3)28-20(25)18-10-9-16-13-24(12-11-17(16)19(18)23)21(26)27-14-15-7-5-4-6-8-15/h4-10H,11-14H2,1-3H3. The Bertz CT molecular complexity index is 874. The molecule has 1 aliphatic rings. The van der Waals surface area contributed by atoms with Crippen LogP contribution < -0.4 is 0 Å². The van der Waals surface area contributed by atoms with Gasteiger partial charge in [0.25, 0.3) is 0 Å². The molecule has 0 saturated carbocycles. The smallest absolute Gasteiger partial charge is 0.410 e. The van der Waals surface area contributed by atoms with Gasteiger partial charge in [0, 0.05) is 13.1 Å². The SMILES string of the molecule is CC(C)(C)OC(=O)c1ccc2c(c1F)CCN(C(=O)OCc1ccccc1)C2. The zero-order valence-electron chi connectivity index (χ0n) is 16.3. The molecule has 0 atom stereocenters. The number of carbonyl (C=O) groups excluding carboxylic acids is 2. The van der Waals surface area contributed by atoms with Gasteiger partial charge in [-0.2, -0.15) is 0 Å². The second kappa shape index (κ2) is 8.00. The average molecular weight is 385 g/mol. The summed E-state index contributed by atoms with van der Waals surface area (Å²) in [5.74, 6) is -1.25. The van der Waals surface area contributed by atoms with Gasteiger partial charge in [-0.3, -0.25) is 0 Å². The lowest BCUT2D eigenvalue weighted by molar-refractivity contribution is 0.00640. The van der Waals surface area contributed by atoms with Crippen LogP contribution in [0.25, 0.3) is 0 Å². The Morgan fingerprint density at radius 2 is 1.82 bits per heavy atom. The van der Waals surface area contributed by atoms with Crippen molar-refractivity contribution in [3.63, 3.8) is 0 Å². The first-order chi connectivity index (χ1) is 13.2. The maximum absolute atomic E-state index is 14.8. The van der Waals surface area contributed by atoms with E-state index in [9.17, 15) is 14.0 Å². The molecule has 1 amide bonds. The summed E-state index contributed by atoms with van der Waals surface area (Å²) in [6.07, 6.45) is -0.121. The van der Waals surface area contributed by atoms with E-state index < -0.39 is 23.5 Å². The molecule has 0 unspecified atom stereocenters. The molecule has 0 spiro atoms. The van der Waals surface area contributed by atoms with Crippen molar-refractivity contribution >= 4 is 12.1 Å². The summed E-state index contributed by atoms with van der Waals surface area (Å²) in [5, 5.41) is 0. The van der Waals surface area contributed by atoms with Gasteiger partial charge in [-0.05, 0) is 49.9 Å². The number of rotatable bonds is 3. The van der Waals surface area contributed by atoms with E-state index in [4.69, 9.17) is 9.47 Å². The van der Waals surface area contributed by atoms with E-state index in [-0.39, 0.29) is 18.7 Å². The number of fused-ring (bicyclic) bond motifs is 1. The van der Waals surface area contributed by atoms with E-state index in [2.05, 4.69) is 0 Å². The van der Waals surface area contributed by atoms with Gasteiger partial charge in [0.1, 0.15) is 18.0 Å². The second-order valence-electron chi connectivity index (χ2n) is 7.78. The number of hydrogen-bond donors (Lipinski definition) is 0. The minimum atomic E-state index is -0.696. The molecule has 1 heterocycles. The Hall–Kier alpha value is -2.89. The largest absolute Gasteiger partial charge is 0.456 e. The molecule has 148 valence electrons. The normalized spacial score (nSPS) is 13.6. The fourth-order valence-electron chi connectivity index (χ4n) is 3.07. The van der Waals surface area contributed by atoms with E-state index in [1.165, 1.54) is 11.0 Å². The minimum Gasteiger partial charge on any atom is -0.456 e. The van der Waals surface area contributed by atoms with E-state index >= 15 is 0 Å². The minimum absolute atomic E-state index is 0.0752. The molecule has 0 aromatic heterocycles. The molecular formula is C22H24FNO4. The van der Waals surface area contributed by atoms with Crippen molar-refractivity contribution in [1.29, 1.82) is 0 Å². The van der Waals surface area contributed by atoms with Crippen molar-refractivity contribution in [2.24, 2.45) is 0 Å². The lowest BCUT2D eigenvalue weighted by Gasteiger charge is -2.29. The van der Waals surface area contributed by atoms with Crippen LogP contribution in [0, 0.1) is 5.82 Å². The molecule has 2 aromatic rings. The molecule has 5 nitrogen and oxygen atoms in total. The Balaban J connectivity index is 1.67. The van der Waals surface area contributed by atoms with Crippen LogP contribution in [0.5, 0.6) is 0 Å². The third kappa shape index (κ3) is 4.68. The summed E-state index contributed by atoms with van der Waals surface area (Å²) in [4.78, 5) is 26.1. The number of carbonyl (C=O) groups is 2. The van der Waals surface area contributed by atoms with Crippen LogP contribution in [-0.2, 0) is 29.0 Å². The summed E-state index contributed by atoms with van der Waals surface area (Å²) in [6, 6.07) is 12.5. The summed E-state index contributed by atoms with van der Waals surface area (Å²) in [6.45, 7) is 5.97. The summed E-state index contributed by atoms with van der Waals surface area (Å²) >= 11 is 0. The van der Waals surface area contributed by atoms with Gasteiger partial charge >= 0.3 is 12.1 Å². The van der Waals surface area contributed by atoms with Crippen molar-refractivity contribution in [2.45, 2.75) is 45.9 Å². The molecule has 0 N–H and O–H groups in total. The third-order valence-corrected chi connectivity index (χ3v) is 4.42. The highest BCUT2D eigenvalue weighted by Gasteiger charge is 2.28. The Morgan fingerprint density at radius 3 is 2.50 bits per heavy atom. The highest BCUT2D eigenvalue weighted by atomic mass is 19.1. The van der Waals surface area contributed by atoms with Crippen LogP contribution in [0.4, 0.5) is 9.18 Å². The molecule has 0 bridgehead atoms. The molecule has 28 heavy (non-hydrogen) atoms. The number of halogens is 1. The maximum Gasteiger partial charge on any atom is 0.410 e. The zero-order chi connectivity index (χ0) is 20.3. The van der Waals surface area contributed by atoms with E-state index in [0.717, 1.165) is 5.56 Å². The van der Waals surface area contributed by atoms with Gasteiger partial charge in [-0.1, -0.05) is 36.4 Å². The zero-order valence-corrected chi connectivity index (χ0v) is 16.3. The number of benzene rings is 2. The van der Waals surface area contributed by atoms with Gasteiger partial charge in [-0.15, -0.1) is 0 Å². The highest BCUT2D eigenvalue weighted by Crippen LogP contribution is 2.26. The molecule has 0 aliphatic carbocycles. The first-order valence-electron chi connectivity index (χ1n) is 9.24. The Labute approximate surface area is 164 Å². The van der Waals surface area contributed by atoms with Gasteiger partial charge in [-0.25, -0.2) is 14.0 Å². The van der Waals surface area contributed by atoms with Gasteiger partial charge in [0.2, 0.25) is 0 Å². The molecule has 3 rings (SSSR count).